The number of hydrogen-bond donors (Lipinski definition) is 0. The molecule has 0 saturated heterocycles. The maximum Gasteiger partial charge on any atom is 0.171 e. The molecule has 0 radical (unpaired) electrons. The minimum absolute atomic E-state index is 0.0684. The molecule has 0 aliphatic carbocycles. The van der Waals surface area contributed by atoms with Crippen molar-refractivity contribution in [2.24, 2.45) is 7.05 Å². The largest absolute Gasteiger partial charge is 0.488 e. The van der Waals surface area contributed by atoms with E-state index in [0.717, 1.165) is 22.4 Å². The lowest BCUT2D eigenvalue weighted by Gasteiger charge is -2.13. The summed E-state index contributed by atoms with van der Waals surface area (Å²) in [5.74, 6) is 0.117. The number of aryl methyl sites for hydroxylation is 1. The van der Waals surface area contributed by atoms with E-state index in [-0.39, 0.29) is 24.6 Å². The number of pyridine rings is 1. The Bertz CT molecular complexity index is 1150. The lowest BCUT2D eigenvalue weighted by Crippen LogP contribution is -2.08. The Morgan fingerprint density at radius 3 is 2.57 bits per heavy atom. The summed E-state index contributed by atoms with van der Waals surface area (Å²) in [6.45, 7) is 0.235. The molecule has 4 aromatic rings. The summed E-state index contributed by atoms with van der Waals surface area (Å²) in [6.07, 6.45) is 5.29. The third kappa shape index (κ3) is 4.43. The quantitative estimate of drug-likeness (QED) is 0.424. The number of nitrogens with zero attached hydrogens (tertiary/aromatic N) is 3. The molecule has 6 heteroatoms. The Balaban J connectivity index is 1.64. The van der Waals surface area contributed by atoms with Gasteiger partial charge in [-0.15, -0.1) is 0 Å². The van der Waals surface area contributed by atoms with E-state index >= 15 is 0 Å². The number of carbonyl (C=O) groups is 1. The number of rotatable bonds is 7. The van der Waals surface area contributed by atoms with E-state index < -0.39 is 0 Å². The molecule has 0 spiro atoms. The van der Waals surface area contributed by atoms with Gasteiger partial charge in [-0.25, -0.2) is 4.39 Å². The number of aromatic nitrogens is 3. The zero-order valence-corrected chi connectivity index (χ0v) is 16.5. The summed E-state index contributed by atoms with van der Waals surface area (Å²) in [5, 5.41) is 4.20. The van der Waals surface area contributed by atoms with Gasteiger partial charge in [0.05, 0.1) is 11.3 Å². The van der Waals surface area contributed by atoms with Gasteiger partial charge < -0.3 is 4.74 Å². The number of hydrogen-bond acceptors (Lipinski definition) is 4. The van der Waals surface area contributed by atoms with Crippen molar-refractivity contribution in [1.82, 2.24) is 14.8 Å². The fourth-order valence-electron chi connectivity index (χ4n) is 3.22. The van der Waals surface area contributed by atoms with Crippen LogP contribution in [0.1, 0.15) is 21.5 Å². The van der Waals surface area contributed by atoms with Gasteiger partial charge in [0, 0.05) is 37.6 Å². The first kappa shape index (κ1) is 19.5. The number of Topliss-reactive ketones (excluding diaryl/α,β-unsaturated/α-hetero) is 1. The van der Waals surface area contributed by atoms with Crippen molar-refractivity contribution in [2.45, 2.75) is 13.0 Å². The van der Waals surface area contributed by atoms with E-state index in [0.29, 0.717) is 11.3 Å². The zero-order valence-electron chi connectivity index (χ0n) is 16.5. The molecular formula is C24H20FN3O2. The van der Waals surface area contributed by atoms with Crippen molar-refractivity contribution in [1.29, 1.82) is 0 Å². The van der Waals surface area contributed by atoms with Crippen LogP contribution in [0.3, 0.4) is 0 Å². The van der Waals surface area contributed by atoms with Gasteiger partial charge in [-0.1, -0.05) is 18.2 Å². The molecule has 0 amide bonds. The third-order valence-electron chi connectivity index (χ3n) is 4.79. The summed E-state index contributed by atoms with van der Waals surface area (Å²) >= 11 is 0. The summed E-state index contributed by atoms with van der Waals surface area (Å²) in [4.78, 5) is 17.2. The van der Waals surface area contributed by atoms with Crippen LogP contribution in [0.2, 0.25) is 0 Å². The van der Waals surface area contributed by atoms with Crippen LogP contribution in [0.25, 0.3) is 11.3 Å². The second-order valence-electron chi connectivity index (χ2n) is 6.93. The van der Waals surface area contributed by atoms with E-state index in [9.17, 15) is 9.18 Å². The average molecular weight is 401 g/mol. The summed E-state index contributed by atoms with van der Waals surface area (Å²) < 4.78 is 20.8. The van der Waals surface area contributed by atoms with Gasteiger partial charge in [0.25, 0.3) is 0 Å². The highest BCUT2D eigenvalue weighted by atomic mass is 19.1. The van der Waals surface area contributed by atoms with E-state index in [1.165, 1.54) is 12.1 Å². The molecule has 2 heterocycles. The van der Waals surface area contributed by atoms with E-state index in [1.54, 1.807) is 47.5 Å². The summed E-state index contributed by atoms with van der Waals surface area (Å²) in [5.41, 5.74) is 3.91. The second-order valence-corrected chi connectivity index (χ2v) is 6.93. The van der Waals surface area contributed by atoms with Gasteiger partial charge >= 0.3 is 0 Å². The number of halogens is 1. The molecule has 4 rings (SSSR count). The molecule has 30 heavy (non-hydrogen) atoms. The minimum Gasteiger partial charge on any atom is -0.488 e. The van der Waals surface area contributed by atoms with Crippen molar-refractivity contribution in [3.05, 3.63) is 102 Å². The van der Waals surface area contributed by atoms with Crippen LogP contribution < -0.4 is 4.74 Å². The van der Waals surface area contributed by atoms with E-state index in [1.807, 2.05) is 31.3 Å². The van der Waals surface area contributed by atoms with Crippen LogP contribution in [0, 0.1) is 5.82 Å². The molecule has 0 fully saturated rings. The van der Waals surface area contributed by atoms with Gasteiger partial charge in [0.15, 0.2) is 5.78 Å². The Morgan fingerprint density at radius 1 is 1.03 bits per heavy atom. The lowest BCUT2D eigenvalue weighted by molar-refractivity contribution is 0.0988. The molecular weight excluding hydrogens is 381 g/mol. The predicted octanol–water partition coefficient (Wildman–Crippen LogP) is 4.63. The highest BCUT2D eigenvalue weighted by molar-refractivity contribution is 6.01. The van der Waals surface area contributed by atoms with Crippen LogP contribution in [-0.4, -0.2) is 20.5 Å². The van der Waals surface area contributed by atoms with Gasteiger partial charge in [-0.05, 0) is 53.6 Å². The fourth-order valence-corrected chi connectivity index (χ4v) is 3.22. The van der Waals surface area contributed by atoms with Crippen molar-refractivity contribution in [2.75, 3.05) is 0 Å². The Morgan fingerprint density at radius 2 is 1.87 bits per heavy atom. The first-order chi connectivity index (χ1) is 14.6. The molecule has 0 saturated carbocycles. The first-order valence-corrected chi connectivity index (χ1v) is 9.52. The van der Waals surface area contributed by atoms with Crippen molar-refractivity contribution in [3.8, 4) is 17.0 Å². The molecule has 0 N–H and O–H groups in total. The van der Waals surface area contributed by atoms with Crippen LogP contribution in [0.15, 0.2) is 79.3 Å². The van der Waals surface area contributed by atoms with E-state index in [4.69, 9.17) is 4.74 Å². The maximum absolute atomic E-state index is 13.1. The summed E-state index contributed by atoms with van der Waals surface area (Å²) in [6, 6.07) is 17.2. The molecule has 0 bridgehead atoms. The Hall–Kier alpha value is -3.80. The number of ketones is 1. The highest BCUT2D eigenvalue weighted by Crippen LogP contribution is 2.28. The normalized spacial score (nSPS) is 10.7. The van der Waals surface area contributed by atoms with Crippen LogP contribution in [-0.2, 0) is 20.1 Å². The SMILES string of the molecule is Cn1nccc1-c1ccc(OCc2ccc(F)cc2)c(C(=O)Cc2cccnc2)c1. The molecule has 0 aliphatic heterocycles. The molecule has 5 nitrogen and oxygen atoms in total. The molecule has 0 unspecified atom stereocenters. The maximum atomic E-state index is 13.1. The second kappa shape index (κ2) is 8.69. The molecule has 150 valence electrons. The predicted molar refractivity (Wildman–Crippen MR) is 112 cm³/mol. The Kier molecular flexibility index (Phi) is 5.66. The Labute approximate surface area is 173 Å². The standard InChI is InChI=1S/C24H20FN3O2/c1-28-22(10-12-27-28)19-6-9-24(30-16-17-4-7-20(25)8-5-17)21(14-19)23(29)13-18-3-2-11-26-15-18/h2-12,14-15H,13,16H2,1H3. The number of carbonyl (C=O) groups excluding carboxylic acids is 1. The smallest absolute Gasteiger partial charge is 0.171 e. The monoisotopic (exact) mass is 401 g/mol. The van der Waals surface area contributed by atoms with E-state index in [2.05, 4.69) is 10.1 Å². The minimum atomic E-state index is -0.299. The zero-order chi connectivity index (χ0) is 20.9. The molecule has 0 aliphatic rings. The van der Waals surface area contributed by atoms with Crippen molar-refractivity contribution >= 4 is 5.78 Å². The highest BCUT2D eigenvalue weighted by Gasteiger charge is 2.16. The molecule has 2 aromatic carbocycles. The van der Waals surface area contributed by atoms with Crippen molar-refractivity contribution in [3.63, 3.8) is 0 Å². The number of benzene rings is 2. The van der Waals surface area contributed by atoms with Gasteiger partial charge in [0.2, 0.25) is 0 Å². The third-order valence-corrected chi connectivity index (χ3v) is 4.79. The van der Waals surface area contributed by atoms with Crippen LogP contribution in [0.5, 0.6) is 5.75 Å². The molecule has 0 atom stereocenters. The first-order valence-electron chi connectivity index (χ1n) is 9.52. The average Bonchev–Trinajstić information content (AvgIpc) is 3.20. The lowest BCUT2D eigenvalue weighted by atomic mass is 10.00. The molecule has 2 aromatic heterocycles. The van der Waals surface area contributed by atoms with Gasteiger partial charge in [0.1, 0.15) is 18.2 Å². The summed E-state index contributed by atoms with van der Waals surface area (Å²) in [7, 11) is 1.85. The van der Waals surface area contributed by atoms with Crippen molar-refractivity contribution < 1.29 is 13.9 Å². The van der Waals surface area contributed by atoms with Crippen LogP contribution >= 0.6 is 0 Å². The van der Waals surface area contributed by atoms with Gasteiger partial charge in [-0.3, -0.25) is 14.5 Å². The van der Waals surface area contributed by atoms with Crippen LogP contribution in [0.4, 0.5) is 4.39 Å². The number of ether oxygens (including phenoxy) is 1. The van der Waals surface area contributed by atoms with Gasteiger partial charge in [-0.2, -0.15) is 5.10 Å². The fraction of sp³-hybridized carbons (Fsp3) is 0.125. The topological polar surface area (TPSA) is 57.0 Å².